The summed E-state index contributed by atoms with van der Waals surface area (Å²) in [6.45, 7) is 6.99. The van der Waals surface area contributed by atoms with E-state index in [-0.39, 0.29) is 12.5 Å². The van der Waals surface area contributed by atoms with Crippen LogP contribution in [0.1, 0.15) is 11.1 Å². The first-order valence-electron chi connectivity index (χ1n) is 9.93. The Hall–Kier alpha value is -3.28. The van der Waals surface area contributed by atoms with E-state index < -0.39 is 0 Å². The lowest BCUT2D eigenvalue weighted by Gasteiger charge is -2.35. The summed E-state index contributed by atoms with van der Waals surface area (Å²) in [5.41, 5.74) is 3.44. The first-order valence-corrected chi connectivity index (χ1v) is 9.93. The van der Waals surface area contributed by atoms with E-state index in [0.29, 0.717) is 13.1 Å². The van der Waals surface area contributed by atoms with Crippen molar-refractivity contribution in [3.8, 4) is 11.4 Å². The molecule has 0 saturated carbocycles. The van der Waals surface area contributed by atoms with Gasteiger partial charge in [0.1, 0.15) is 5.75 Å². The number of ether oxygens (including phenoxy) is 1. The molecule has 1 saturated heterocycles. The number of rotatable bonds is 5. The van der Waals surface area contributed by atoms with Gasteiger partial charge in [0.25, 0.3) is 5.91 Å². The number of imidazole rings is 1. The maximum absolute atomic E-state index is 12.5. The van der Waals surface area contributed by atoms with Gasteiger partial charge in [0.05, 0.1) is 0 Å². The molecule has 6 nitrogen and oxygen atoms in total. The minimum Gasteiger partial charge on any atom is -0.484 e. The number of hydrogen-bond acceptors (Lipinski definition) is 4. The smallest absolute Gasteiger partial charge is 0.260 e. The van der Waals surface area contributed by atoms with Crippen LogP contribution < -0.4 is 9.64 Å². The number of aromatic nitrogens is 2. The van der Waals surface area contributed by atoms with E-state index >= 15 is 0 Å². The van der Waals surface area contributed by atoms with Gasteiger partial charge in [-0.3, -0.25) is 9.36 Å². The maximum atomic E-state index is 12.5. The van der Waals surface area contributed by atoms with Crippen molar-refractivity contribution >= 4 is 11.9 Å². The number of amides is 1. The van der Waals surface area contributed by atoms with Gasteiger partial charge in [-0.05, 0) is 43.7 Å². The highest BCUT2D eigenvalue weighted by molar-refractivity contribution is 5.78. The molecule has 2 aromatic carbocycles. The standard InChI is InChI=1S/C23H26N4O2/c1-18-6-8-20(9-7-18)27-11-10-24-23(27)26-14-12-25(13-15-26)22(28)17-29-21-5-3-4-19(2)16-21/h3-11,16H,12-15,17H2,1-2H3. The monoisotopic (exact) mass is 390 g/mol. The lowest BCUT2D eigenvalue weighted by atomic mass is 10.2. The molecular formula is C23H26N4O2. The zero-order valence-electron chi connectivity index (χ0n) is 16.9. The molecule has 0 unspecified atom stereocenters. The van der Waals surface area contributed by atoms with Gasteiger partial charge in [0.2, 0.25) is 5.95 Å². The largest absolute Gasteiger partial charge is 0.484 e. The molecule has 0 radical (unpaired) electrons. The van der Waals surface area contributed by atoms with E-state index in [1.54, 1.807) is 0 Å². The number of anilines is 1. The quantitative estimate of drug-likeness (QED) is 0.671. The average molecular weight is 390 g/mol. The predicted octanol–water partition coefficient (Wildman–Crippen LogP) is 3.22. The Morgan fingerprint density at radius 1 is 1.00 bits per heavy atom. The van der Waals surface area contributed by atoms with E-state index in [2.05, 4.69) is 45.6 Å². The molecule has 0 aliphatic carbocycles. The first kappa shape index (κ1) is 19.1. The summed E-state index contributed by atoms with van der Waals surface area (Å²) < 4.78 is 7.76. The third-order valence-corrected chi connectivity index (χ3v) is 5.20. The molecular weight excluding hydrogens is 364 g/mol. The average Bonchev–Trinajstić information content (AvgIpc) is 3.22. The molecule has 0 spiro atoms. The lowest BCUT2D eigenvalue weighted by molar-refractivity contribution is -0.133. The summed E-state index contributed by atoms with van der Waals surface area (Å²) in [5, 5.41) is 0. The number of carbonyl (C=O) groups excluding carboxylic acids is 1. The molecule has 1 amide bonds. The fourth-order valence-electron chi connectivity index (χ4n) is 3.53. The molecule has 0 bridgehead atoms. The second-order valence-corrected chi connectivity index (χ2v) is 7.41. The van der Waals surface area contributed by atoms with Gasteiger partial charge < -0.3 is 14.5 Å². The van der Waals surface area contributed by atoms with Gasteiger partial charge in [0.15, 0.2) is 6.61 Å². The van der Waals surface area contributed by atoms with Crippen molar-refractivity contribution in [2.45, 2.75) is 13.8 Å². The highest BCUT2D eigenvalue weighted by atomic mass is 16.5. The van der Waals surface area contributed by atoms with Gasteiger partial charge >= 0.3 is 0 Å². The van der Waals surface area contributed by atoms with Crippen LogP contribution in [-0.4, -0.2) is 53.1 Å². The van der Waals surface area contributed by atoms with Crippen LogP contribution in [0.4, 0.5) is 5.95 Å². The van der Waals surface area contributed by atoms with Crippen LogP contribution >= 0.6 is 0 Å². The molecule has 1 fully saturated rings. The number of aryl methyl sites for hydroxylation is 2. The molecule has 1 aromatic heterocycles. The number of piperazine rings is 1. The Kier molecular flexibility index (Phi) is 5.51. The van der Waals surface area contributed by atoms with Gasteiger partial charge in [-0.1, -0.05) is 29.8 Å². The van der Waals surface area contributed by atoms with Crippen molar-refractivity contribution in [2.24, 2.45) is 0 Å². The van der Waals surface area contributed by atoms with E-state index in [9.17, 15) is 4.79 Å². The highest BCUT2D eigenvalue weighted by Gasteiger charge is 2.24. The van der Waals surface area contributed by atoms with Crippen LogP contribution in [0.25, 0.3) is 5.69 Å². The Bertz CT molecular complexity index is 973. The fourth-order valence-corrected chi connectivity index (χ4v) is 3.53. The Morgan fingerprint density at radius 3 is 2.48 bits per heavy atom. The van der Waals surface area contributed by atoms with Crippen molar-refractivity contribution in [2.75, 3.05) is 37.7 Å². The summed E-state index contributed by atoms with van der Waals surface area (Å²) in [4.78, 5) is 21.2. The van der Waals surface area contributed by atoms with Gasteiger partial charge in [-0.15, -0.1) is 0 Å². The third kappa shape index (κ3) is 4.42. The minimum absolute atomic E-state index is 0.0213. The number of hydrogen-bond donors (Lipinski definition) is 0. The lowest BCUT2D eigenvalue weighted by Crippen LogP contribution is -2.50. The van der Waals surface area contributed by atoms with Crippen LogP contribution in [0.15, 0.2) is 60.9 Å². The zero-order chi connectivity index (χ0) is 20.2. The van der Waals surface area contributed by atoms with Crippen molar-refractivity contribution < 1.29 is 9.53 Å². The summed E-state index contributed by atoms with van der Waals surface area (Å²) in [6.07, 6.45) is 3.80. The highest BCUT2D eigenvalue weighted by Crippen LogP contribution is 2.20. The molecule has 0 atom stereocenters. The third-order valence-electron chi connectivity index (χ3n) is 5.20. The van der Waals surface area contributed by atoms with Crippen LogP contribution in [0, 0.1) is 13.8 Å². The second kappa shape index (κ2) is 8.39. The second-order valence-electron chi connectivity index (χ2n) is 7.41. The molecule has 1 aliphatic heterocycles. The van der Waals surface area contributed by atoms with Gasteiger partial charge in [-0.2, -0.15) is 0 Å². The first-order chi connectivity index (χ1) is 14.1. The summed E-state index contributed by atoms with van der Waals surface area (Å²) in [5.74, 6) is 1.67. The Morgan fingerprint density at radius 2 is 1.76 bits per heavy atom. The van der Waals surface area contributed by atoms with Crippen LogP contribution in [0.5, 0.6) is 5.75 Å². The fraction of sp³-hybridized carbons (Fsp3) is 0.304. The Labute approximate surface area is 171 Å². The summed E-state index contributed by atoms with van der Waals surface area (Å²) >= 11 is 0. The van der Waals surface area contributed by atoms with Crippen molar-refractivity contribution in [3.63, 3.8) is 0 Å². The zero-order valence-corrected chi connectivity index (χ0v) is 16.9. The van der Waals surface area contributed by atoms with E-state index in [4.69, 9.17) is 4.74 Å². The molecule has 0 N–H and O–H groups in total. The normalized spacial score (nSPS) is 14.1. The summed E-state index contributed by atoms with van der Waals surface area (Å²) in [7, 11) is 0. The van der Waals surface area contributed by atoms with Crippen LogP contribution in [0.2, 0.25) is 0 Å². The molecule has 4 rings (SSSR count). The van der Waals surface area contributed by atoms with Crippen molar-refractivity contribution in [3.05, 3.63) is 72.1 Å². The molecule has 29 heavy (non-hydrogen) atoms. The van der Waals surface area contributed by atoms with E-state index in [1.165, 1.54) is 5.56 Å². The molecule has 1 aliphatic rings. The molecule has 3 aromatic rings. The molecule has 150 valence electrons. The van der Waals surface area contributed by atoms with E-state index in [0.717, 1.165) is 36.0 Å². The van der Waals surface area contributed by atoms with Gasteiger partial charge in [0, 0.05) is 44.3 Å². The SMILES string of the molecule is Cc1ccc(-n2ccnc2N2CCN(C(=O)COc3cccc(C)c3)CC2)cc1. The number of nitrogens with zero attached hydrogens (tertiary/aromatic N) is 4. The van der Waals surface area contributed by atoms with Crippen LogP contribution in [-0.2, 0) is 4.79 Å². The molecule has 2 heterocycles. The van der Waals surface area contributed by atoms with Gasteiger partial charge in [-0.25, -0.2) is 4.98 Å². The molecule has 6 heteroatoms. The maximum Gasteiger partial charge on any atom is 0.260 e. The van der Waals surface area contributed by atoms with Crippen LogP contribution in [0.3, 0.4) is 0 Å². The number of carbonyl (C=O) groups is 1. The predicted molar refractivity (Wildman–Crippen MR) is 114 cm³/mol. The summed E-state index contributed by atoms with van der Waals surface area (Å²) in [6, 6.07) is 16.2. The topological polar surface area (TPSA) is 50.6 Å². The Balaban J connectivity index is 1.34. The number of benzene rings is 2. The minimum atomic E-state index is 0.0213. The van der Waals surface area contributed by atoms with Crippen molar-refractivity contribution in [1.29, 1.82) is 0 Å². The van der Waals surface area contributed by atoms with Crippen molar-refractivity contribution in [1.82, 2.24) is 14.5 Å². The van der Waals surface area contributed by atoms with E-state index in [1.807, 2.05) is 48.5 Å².